The van der Waals surface area contributed by atoms with Gasteiger partial charge in [0.15, 0.2) is 12.1 Å². The van der Waals surface area contributed by atoms with Crippen molar-refractivity contribution in [2.24, 2.45) is 0 Å². The summed E-state index contributed by atoms with van der Waals surface area (Å²) in [6, 6.07) is 0. The Bertz CT molecular complexity index is 556. The Kier molecular flexibility index (Phi) is 11.8. The molecule has 0 amide bonds. The van der Waals surface area contributed by atoms with Gasteiger partial charge in [-0.1, -0.05) is 28.9 Å². The summed E-state index contributed by atoms with van der Waals surface area (Å²) in [5.41, 5.74) is 6.96. The van der Waals surface area contributed by atoms with Crippen LogP contribution in [-0.2, 0) is 14.2 Å². The van der Waals surface area contributed by atoms with E-state index in [1.165, 1.54) is 11.1 Å². The number of hydroxylamine groups is 1. The maximum Gasteiger partial charge on any atom is 0.351 e. The van der Waals surface area contributed by atoms with Gasteiger partial charge >= 0.3 is 7.60 Å². The van der Waals surface area contributed by atoms with Crippen LogP contribution in [0.4, 0.5) is 0 Å². The lowest BCUT2D eigenvalue weighted by Crippen LogP contribution is -2.31. The topological polar surface area (TPSA) is 95.9 Å². The summed E-state index contributed by atoms with van der Waals surface area (Å²) >= 11 is 0. The molecule has 3 N–H and O–H groups in total. The van der Waals surface area contributed by atoms with Gasteiger partial charge in [-0.2, -0.15) is 5.48 Å². The number of nitrogens with one attached hydrogen (secondary N) is 1. The summed E-state index contributed by atoms with van der Waals surface area (Å²) in [6.07, 6.45) is 8.59. The molecule has 1 atom stereocenters. The van der Waals surface area contributed by atoms with Crippen LogP contribution in [0.15, 0.2) is 34.4 Å². The third-order valence-electron chi connectivity index (χ3n) is 3.82. The number of hydrogen-bond acceptors (Lipinski definition) is 4. The van der Waals surface area contributed by atoms with Crippen LogP contribution in [-0.4, -0.2) is 28.5 Å². The van der Waals surface area contributed by atoms with Crippen LogP contribution >= 0.6 is 7.60 Å². The summed E-state index contributed by atoms with van der Waals surface area (Å²) in [4.78, 5) is 33.5. The molecule has 0 aliphatic rings. The molecule has 6 nitrogen and oxygen atoms in total. The summed E-state index contributed by atoms with van der Waals surface area (Å²) in [7, 11) is -4.54. The zero-order chi connectivity index (χ0) is 19.5. The number of hydrogen-bond donors (Lipinski definition) is 3. The molecule has 0 saturated heterocycles. The highest BCUT2D eigenvalue weighted by Crippen LogP contribution is 2.38. The van der Waals surface area contributed by atoms with Crippen LogP contribution in [0.25, 0.3) is 0 Å². The molecule has 0 bridgehead atoms. The fourth-order valence-electron chi connectivity index (χ4n) is 1.97. The molecule has 0 aliphatic carbocycles. The highest BCUT2D eigenvalue weighted by Gasteiger charge is 2.28. The molecule has 0 aromatic carbocycles. The lowest BCUT2D eigenvalue weighted by Gasteiger charge is -2.14. The minimum absolute atomic E-state index is 0.148. The fourth-order valence-corrected chi connectivity index (χ4v) is 2.34. The number of carbonyl (C=O) groups excluding carboxylic acids is 1. The van der Waals surface area contributed by atoms with Crippen molar-refractivity contribution >= 4 is 13.9 Å². The average molecular weight is 373 g/mol. The van der Waals surface area contributed by atoms with Crippen molar-refractivity contribution < 1.29 is 24.0 Å². The van der Waals surface area contributed by atoms with E-state index < -0.39 is 13.4 Å². The molecule has 0 rings (SSSR count). The van der Waals surface area contributed by atoms with Gasteiger partial charge in [0.1, 0.15) is 0 Å². The van der Waals surface area contributed by atoms with Crippen molar-refractivity contribution in [1.82, 2.24) is 5.48 Å². The normalized spacial score (nSPS) is 14.8. The van der Waals surface area contributed by atoms with Crippen LogP contribution < -0.4 is 5.48 Å². The van der Waals surface area contributed by atoms with Crippen LogP contribution in [0.3, 0.4) is 0 Å². The molecular formula is C18H32NO5P. The van der Waals surface area contributed by atoms with Gasteiger partial charge in [0.05, 0.1) is 6.61 Å². The van der Waals surface area contributed by atoms with Crippen molar-refractivity contribution in [3.63, 3.8) is 0 Å². The van der Waals surface area contributed by atoms with Gasteiger partial charge in [0.2, 0.25) is 0 Å². The van der Waals surface area contributed by atoms with Crippen molar-refractivity contribution in [3.8, 4) is 0 Å². The fraction of sp³-hybridized carbons (Fsp3) is 0.611. The van der Waals surface area contributed by atoms with Crippen LogP contribution in [0.1, 0.15) is 60.3 Å². The first-order valence-electron chi connectivity index (χ1n) is 8.40. The highest BCUT2D eigenvalue weighted by atomic mass is 31.2. The summed E-state index contributed by atoms with van der Waals surface area (Å²) in [6.45, 7) is 10.4. The molecule has 0 fully saturated rings. The Morgan fingerprint density at radius 3 is 2.16 bits per heavy atom. The van der Waals surface area contributed by atoms with Crippen LogP contribution in [0, 0.1) is 0 Å². The van der Waals surface area contributed by atoms with Crippen molar-refractivity contribution in [1.29, 1.82) is 0 Å². The third kappa shape index (κ3) is 12.0. The molecular weight excluding hydrogens is 341 g/mol. The Balaban J connectivity index is 4.29. The van der Waals surface area contributed by atoms with E-state index in [0.717, 1.165) is 36.8 Å². The number of carbonyl (C=O) groups is 1. The zero-order valence-electron chi connectivity index (χ0n) is 15.9. The molecule has 0 aromatic rings. The predicted molar refractivity (Wildman–Crippen MR) is 101 cm³/mol. The summed E-state index contributed by atoms with van der Waals surface area (Å²) in [5, 5.41) is 0. The lowest BCUT2D eigenvalue weighted by atomic mass is 10.0. The highest BCUT2D eigenvalue weighted by molar-refractivity contribution is 7.53. The van der Waals surface area contributed by atoms with Crippen molar-refractivity contribution in [2.45, 2.75) is 66.1 Å². The molecule has 0 aromatic heterocycles. The van der Waals surface area contributed by atoms with E-state index in [4.69, 9.17) is 14.6 Å². The molecule has 0 radical (unpaired) electrons. The van der Waals surface area contributed by atoms with E-state index in [1.807, 2.05) is 13.8 Å². The molecule has 0 spiro atoms. The summed E-state index contributed by atoms with van der Waals surface area (Å²) < 4.78 is 11.0. The van der Waals surface area contributed by atoms with Gasteiger partial charge in [0, 0.05) is 0 Å². The number of allylic oxidation sites excluding steroid dienone is 5. The Hall–Kier alpha value is -1.04. The van der Waals surface area contributed by atoms with Gasteiger partial charge in [-0.3, -0.25) is 9.40 Å². The van der Waals surface area contributed by atoms with E-state index in [1.54, 1.807) is 0 Å². The Morgan fingerprint density at radius 1 is 1.04 bits per heavy atom. The third-order valence-corrected chi connectivity index (χ3v) is 4.77. The maximum absolute atomic E-state index is 11.0. The average Bonchev–Trinajstić information content (AvgIpc) is 2.49. The van der Waals surface area contributed by atoms with Crippen molar-refractivity contribution in [2.75, 3.05) is 6.61 Å². The first-order chi connectivity index (χ1) is 11.6. The minimum atomic E-state index is -4.54. The van der Waals surface area contributed by atoms with Crippen LogP contribution in [0.5, 0.6) is 0 Å². The number of aldehydes is 1. The molecule has 144 valence electrons. The first-order valence-corrected chi connectivity index (χ1v) is 10.1. The molecule has 0 saturated carbocycles. The second-order valence-corrected chi connectivity index (χ2v) is 8.28. The van der Waals surface area contributed by atoms with Gasteiger partial charge in [-0.25, -0.2) is 0 Å². The largest absolute Gasteiger partial charge is 0.351 e. The van der Waals surface area contributed by atoms with Crippen molar-refractivity contribution in [3.05, 3.63) is 34.4 Å². The van der Waals surface area contributed by atoms with E-state index in [-0.39, 0.29) is 12.9 Å². The SMILES string of the molecule is CC(C)=CCCC(C)=CCCC(C)=C(C)CONC(C=O)P(=O)(O)O. The standard InChI is InChI=1S/C18H32NO5P/c1-14(2)8-6-9-15(3)10-7-11-16(4)17(5)13-24-19-18(12-20)25(21,22)23/h8,10,12,18-19H,6-7,9,11,13H2,1-5H3,(H2,21,22,23). The Morgan fingerprint density at radius 2 is 1.64 bits per heavy atom. The first kappa shape index (κ1) is 24.0. The quantitative estimate of drug-likeness (QED) is 0.207. The minimum Gasteiger partial charge on any atom is -0.323 e. The van der Waals surface area contributed by atoms with Gasteiger partial charge in [-0.05, 0) is 65.9 Å². The molecule has 0 aliphatic heterocycles. The molecule has 7 heteroatoms. The van der Waals surface area contributed by atoms with E-state index in [9.17, 15) is 9.36 Å². The molecule has 1 unspecified atom stereocenters. The van der Waals surface area contributed by atoms with E-state index in [2.05, 4.69) is 38.4 Å². The van der Waals surface area contributed by atoms with Gasteiger partial charge < -0.3 is 14.6 Å². The Labute approximate surface area is 151 Å². The maximum atomic E-state index is 11.0. The molecule has 25 heavy (non-hydrogen) atoms. The number of rotatable bonds is 12. The van der Waals surface area contributed by atoms with E-state index in [0.29, 0.717) is 0 Å². The second kappa shape index (κ2) is 12.3. The van der Waals surface area contributed by atoms with Gasteiger partial charge in [-0.15, -0.1) is 0 Å². The second-order valence-electron chi connectivity index (χ2n) is 6.55. The smallest absolute Gasteiger partial charge is 0.323 e. The van der Waals surface area contributed by atoms with Crippen LogP contribution in [0.2, 0.25) is 0 Å². The monoisotopic (exact) mass is 373 g/mol. The van der Waals surface area contributed by atoms with Gasteiger partial charge in [0.25, 0.3) is 0 Å². The summed E-state index contributed by atoms with van der Waals surface area (Å²) in [5.74, 6) is -1.63. The lowest BCUT2D eigenvalue weighted by molar-refractivity contribution is -0.111. The molecule has 0 heterocycles. The van der Waals surface area contributed by atoms with E-state index >= 15 is 0 Å². The predicted octanol–water partition coefficient (Wildman–Crippen LogP) is 4.02. The zero-order valence-corrected chi connectivity index (χ0v) is 16.8.